The van der Waals surface area contributed by atoms with Crippen LogP contribution in [0.2, 0.25) is 0 Å². The molecule has 1 N–H and O–H groups in total. The zero-order valence-electron chi connectivity index (χ0n) is 9.38. The van der Waals surface area contributed by atoms with Crippen LogP contribution in [0.25, 0.3) is 0 Å². The van der Waals surface area contributed by atoms with Crippen molar-refractivity contribution in [3.8, 4) is 0 Å². The Kier molecular flexibility index (Phi) is 3.59. The molecule has 0 bridgehead atoms. The van der Waals surface area contributed by atoms with Gasteiger partial charge in [-0.25, -0.2) is 4.98 Å². The molecule has 0 saturated carbocycles. The number of aryl methyl sites for hydroxylation is 2. The molecule has 0 radical (unpaired) electrons. The molecule has 1 aromatic rings. The highest BCUT2D eigenvalue weighted by molar-refractivity contribution is 7.15. The van der Waals surface area contributed by atoms with E-state index < -0.39 is 0 Å². The van der Waals surface area contributed by atoms with Gasteiger partial charge in [-0.15, -0.1) is 11.3 Å². The molecule has 15 heavy (non-hydrogen) atoms. The first kappa shape index (κ1) is 10.9. The van der Waals surface area contributed by atoms with Crippen LogP contribution in [0.4, 0.5) is 5.13 Å². The predicted octanol–water partition coefficient (Wildman–Crippen LogP) is 2.74. The Morgan fingerprint density at radius 3 is 2.93 bits per heavy atom. The molecule has 4 heteroatoms. The molecule has 0 spiro atoms. The van der Waals surface area contributed by atoms with Gasteiger partial charge in [-0.05, 0) is 33.1 Å². The van der Waals surface area contributed by atoms with Gasteiger partial charge in [-0.1, -0.05) is 0 Å². The molecule has 84 valence electrons. The molecule has 1 aliphatic heterocycles. The van der Waals surface area contributed by atoms with Crippen molar-refractivity contribution in [2.24, 2.45) is 0 Å². The van der Waals surface area contributed by atoms with Crippen LogP contribution in [0, 0.1) is 13.8 Å². The molecule has 1 aliphatic rings. The fourth-order valence-electron chi connectivity index (χ4n) is 1.72. The summed E-state index contributed by atoms with van der Waals surface area (Å²) in [7, 11) is 0. The minimum absolute atomic E-state index is 0.378. The smallest absolute Gasteiger partial charge is 0.183 e. The number of rotatable bonds is 3. The van der Waals surface area contributed by atoms with Gasteiger partial charge in [0.15, 0.2) is 5.13 Å². The summed E-state index contributed by atoms with van der Waals surface area (Å²) in [5, 5.41) is 4.39. The Labute approximate surface area is 94.9 Å². The van der Waals surface area contributed by atoms with Crippen LogP contribution in [0.5, 0.6) is 0 Å². The van der Waals surface area contributed by atoms with Crippen LogP contribution in [0.3, 0.4) is 0 Å². The number of anilines is 1. The zero-order chi connectivity index (χ0) is 10.7. The van der Waals surface area contributed by atoms with E-state index in [0.717, 1.165) is 24.0 Å². The molecular weight excluding hydrogens is 208 g/mol. The van der Waals surface area contributed by atoms with Gasteiger partial charge in [-0.2, -0.15) is 0 Å². The highest BCUT2D eigenvalue weighted by atomic mass is 32.1. The maximum atomic E-state index is 5.65. The number of thiazole rings is 1. The summed E-state index contributed by atoms with van der Waals surface area (Å²) < 4.78 is 5.65. The third-order valence-corrected chi connectivity index (χ3v) is 3.81. The maximum absolute atomic E-state index is 5.65. The molecule has 0 amide bonds. The number of nitrogens with one attached hydrogen (secondary N) is 1. The van der Waals surface area contributed by atoms with Gasteiger partial charge in [0.1, 0.15) is 0 Å². The van der Waals surface area contributed by atoms with Gasteiger partial charge in [0.2, 0.25) is 0 Å². The van der Waals surface area contributed by atoms with E-state index in [9.17, 15) is 0 Å². The highest BCUT2D eigenvalue weighted by Gasteiger charge is 2.14. The van der Waals surface area contributed by atoms with Crippen molar-refractivity contribution in [2.45, 2.75) is 39.2 Å². The summed E-state index contributed by atoms with van der Waals surface area (Å²) in [6, 6.07) is 0. The Morgan fingerprint density at radius 2 is 2.33 bits per heavy atom. The second-order valence-electron chi connectivity index (χ2n) is 4.03. The summed E-state index contributed by atoms with van der Waals surface area (Å²) in [6.45, 7) is 5.97. The fraction of sp³-hybridized carbons (Fsp3) is 0.727. The highest BCUT2D eigenvalue weighted by Crippen LogP contribution is 2.21. The Morgan fingerprint density at radius 1 is 1.47 bits per heavy atom. The van der Waals surface area contributed by atoms with E-state index >= 15 is 0 Å². The number of hydrogen-bond acceptors (Lipinski definition) is 4. The van der Waals surface area contributed by atoms with Crippen molar-refractivity contribution in [2.75, 3.05) is 18.5 Å². The van der Waals surface area contributed by atoms with Gasteiger partial charge in [0, 0.05) is 18.0 Å². The van der Waals surface area contributed by atoms with E-state index in [0.29, 0.717) is 6.10 Å². The minimum Gasteiger partial charge on any atom is -0.376 e. The molecule has 0 aliphatic carbocycles. The standard InChI is InChI=1S/C11H18N2OS/c1-8-9(2)15-11(13-8)12-7-10-5-3-4-6-14-10/h10H,3-7H2,1-2H3,(H,12,13). The molecule has 1 saturated heterocycles. The molecule has 3 nitrogen and oxygen atoms in total. The first-order valence-electron chi connectivity index (χ1n) is 5.55. The molecular formula is C11H18N2OS. The lowest BCUT2D eigenvalue weighted by atomic mass is 10.1. The lowest BCUT2D eigenvalue weighted by Crippen LogP contribution is -2.26. The second-order valence-corrected chi connectivity index (χ2v) is 5.23. The zero-order valence-corrected chi connectivity index (χ0v) is 10.2. The van der Waals surface area contributed by atoms with Gasteiger partial charge in [0.25, 0.3) is 0 Å². The van der Waals surface area contributed by atoms with Crippen molar-refractivity contribution >= 4 is 16.5 Å². The van der Waals surface area contributed by atoms with Crippen LogP contribution in [0.15, 0.2) is 0 Å². The van der Waals surface area contributed by atoms with Crippen molar-refractivity contribution < 1.29 is 4.74 Å². The number of ether oxygens (including phenoxy) is 1. The van der Waals surface area contributed by atoms with Crippen molar-refractivity contribution in [3.63, 3.8) is 0 Å². The molecule has 1 unspecified atom stereocenters. The Bertz CT molecular complexity index is 299. The van der Waals surface area contributed by atoms with Crippen LogP contribution < -0.4 is 5.32 Å². The Balaban J connectivity index is 1.81. The Hall–Kier alpha value is -0.610. The van der Waals surface area contributed by atoms with Gasteiger partial charge >= 0.3 is 0 Å². The largest absolute Gasteiger partial charge is 0.376 e. The summed E-state index contributed by atoms with van der Waals surface area (Å²) in [6.07, 6.45) is 4.06. The monoisotopic (exact) mass is 226 g/mol. The lowest BCUT2D eigenvalue weighted by Gasteiger charge is -2.22. The minimum atomic E-state index is 0.378. The van der Waals surface area contributed by atoms with Crippen LogP contribution in [-0.4, -0.2) is 24.2 Å². The lowest BCUT2D eigenvalue weighted by molar-refractivity contribution is 0.0247. The van der Waals surface area contributed by atoms with E-state index in [2.05, 4.69) is 17.2 Å². The molecule has 1 aromatic heterocycles. The SMILES string of the molecule is Cc1nc(NCC2CCCCO2)sc1C. The molecule has 0 aromatic carbocycles. The van der Waals surface area contributed by atoms with Crippen molar-refractivity contribution in [1.82, 2.24) is 4.98 Å². The van der Waals surface area contributed by atoms with E-state index in [1.54, 1.807) is 11.3 Å². The number of nitrogens with zero attached hydrogens (tertiary/aromatic N) is 1. The molecule has 2 rings (SSSR count). The third kappa shape index (κ3) is 2.92. The fourth-order valence-corrected chi connectivity index (χ4v) is 2.54. The quantitative estimate of drug-likeness (QED) is 0.860. The molecule has 2 heterocycles. The molecule has 1 fully saturated rings. The summed E-state index contributed by atoms with van der Waals surface area (Å²) >= 11 is 1.73. The summed E-state index contributed by atoms with van der Waals surface area (Å²) in [4.78, 5) is 5.74. The number of hydrogen-bond donors (Lipinski definition) is 1. The van der Waals surface area contributed by atoms with E-state index in [4.69, 9.17) is 4.74 Å². The normalized spacial score (nSPS) is 21.6. The van der Waals surface area contributed by atoms with Crippen LogP contribution in [-0.2, 0) is 4.74 Å². The number of aromatic nitrogens is 1. The first-order valence-corrected chi connectivity index (χ1v) is 6.37. The van der Waals surface area contributed by atoms with Crippen LogP contribution in [0.1, 0.15) is 29.8 Å². The average Bonchev–Trinajstić information content (AvgIpc) is 2.57. The van der Waals surface area contributed by atoms with Gasteiger partial charge in [-0.3, -0.25) is 0 Å². The topological polar surface area (TPSA) is 34.2 Å². The van der Waals surface area contributed by atoms with E-state index in [-0.39, 0.29) is 0 Å². The van der Waals surface area contributed by atoms with Crippen LogP contribution >= 0.6 is 11.3 Å². The average molecular weight is 226 g/mol. The van der Waals surface area contributed by atoms with Crippen molar-refractivity contribution in [3.05, 3.63) is 10.6 Å². The first-order chi connectivity index (χ1) is 7.25. The third-order valence-electron chi connectivity index (χ3n) is 2.78. The maximum Gasteiger partial charge on any atom is 0.183 e. The summed E-state index contributed by atoms with van der Waals surface area (Å²) in [5.41, 5.74) is 1.13. The van der Waals surface area contributed by atoms with Gasteiger partial charge < -0.3 is 10.1 Å². The van der Waals surface area contributed by atoms with E-state index in [1.807, 2.05) is 6.92 Å². The summed E-state index contributed by atoms with van der Waals surface area (Å²) in [5.74, 6) is 0. The van der Waals surface area contributed by atoms with Gasteiger partial charge in [0.05, 0.1) is 11.8 Å². The predicted molar refractivity (Wildman–Crippen MR) is 63.7 cm³/mol. The second kappa shape index (κ2) is 4.94. The molecule has 1 atom stereocenters. The van der Waals surface area contributed by atoms with E-state index in [1.165, 1.54) is 24.1 Å². The van der Waals surface area contributed by atoms with Crippen molar-refractivity contribution in [1.29, 1.82) is 0 Å².